The second kappa shape index (κ2) is 39.0. The zero-order chi connectivity index (χ0) is 33.4. The second-order valence-electron chi connectivity index (χ2n) is 10.5. The van der Waals surface area contributed by atoms with Crippen LogP contribution in [0.5, 0.6) is 5.75 Å². The van der Waals surface area contributed by atoms with E-state index in [1.807, 2.05) is 30.3 Å². The molecule has 0 bridgehead atoms. The molecule has 0 aromatic heterocycles. The molecule has 1 rings (SSSR count). The average molecular weight is 677 g/mol. The molecule has 1 aromatic carbocycles. The molecule has 12 nitrogen and oxygen atoms in total. The van der Waals surface area contributed by atoms with Gasteiger partial charge < -0.3 is 57.2 Å². The van der Waals surface area contributed by atoms with Gasteiger partial charge >= 0.3 is 0 Å². The first-order valence-corrected chi connectivity index (χ1v) is 17.5. The predicted molar refractivity (Wildman–Crippen MR) is 180 cm³/mol. The molecule has 0 aliphatic rings. The molecule has 0 saturated heterocycles. The van der Waals surface area contributed by atoms with E-state index in [0.717, 1.165) is 31.8 Å². The highest BCUT2D eigenvalue weighted by molar-refractivity contribution is 5.20. The van der Waals surface area contributed by atoms with Crippen molar-refractivity contribution in [3.05, 3.63) is 30.3 Å². The molecule has 1 aromatic rings. The smallest absolute Gasteiger partial charge is 0.119 e. The summed E-state index contributed by atoms with van der Waals surface area (Å²) in [6.45, 7) is 11.5. The van der Waals surface area contributed by atoms with Crippen molar-refractivity contribution in [2.24, 2.45) is 0 Å². The van der Waals surface area contributed by atoms with E-state index >= 15 is 0 Å². The van der Waals surface area contributed by atoms with Crippen LogP contribution in [0.1, 0.15) is 44.9 Å². The van der Waals surface area contributed by atoms with Crippen LogP contribution in [0, 0.1) is 0 Å². The van der Waals surface area contributed by atoms with Gasteiger partial charge in [-0.15, -0.1) is 0 Å². The molecule has 12 heteroatoms. The molecule has 276 valence electrons. The number of aliphatic hydroxyl groups excluding tert-OH is 1. The Morgan fingerprint density at radius 2 is 0.574 bits per heavy atom. The van der Waals surface area contributed by atoms with Gasteiger partial charge in [0, 0.05) is 6.61 Å². The van der Waals surface area contributed by atoms with Crippen molar-refractivity contribution in [3.63, 3.8) is 0 Å². The Morgan fingerprint density at radius 1 is 0.298 bits per heavy atom. The third-order valence-electron chi connectivity index (χ3n) is 6.53. The third-order valence-corrected chi connectivity index (χ3v) is 6.53. The zero-order valence-corrected chi connectivity index (χ0v) is 28.8. The van der Waals surface area contributed by atoms with Crippen molar-refractivity contribution in [2.45, 2.75) is 44.9 Å². The largest absolute Gasteiger partial charge is 0.494 e. The molecule has 1 N–H and O–H groups in total. The summed E-state index contributed by atoms with van der Waals surface area (Å²) in [6, 6.07) is 10.0. The van der Waals surface area contributed by atoms with Gasteiger partial charge in [-0.05, 0) is 25.0 Å². The second-order valence-corrected chi connectivity index (χ2v) is 10.5. The third kappa shape index (κ3) is 35.7. The Balaban J connectivity index is 1.60. The van der Waals surface area contributed by atoms with Crippen LogP contribution in [0.25, 0.3) is 0 Å². The first-order chi connectivity index (χ1) is 23.4. The molecule has 0 atom stereocenters. The quantitative estimate of drug-likeness (QED) is 0.101. The summed E-state index contributed by atoms with van der Waals surface area (Å²) in [5, 5.41) is 8.58. The van der Waals surface area contributed by atoms with E-state index in [1.165, 1.54) is 32.1 Å². The minimum absolute atomic E-state index is 0.0279. The number of aliphatic hydroxyl groups is 1. The average Bonchev–Trinajstić information content (AvgIpc) is 3.09. The van der Waals surface area contributed by atoms with E-state index in [1.54, 1.807) is 0 Å². The predicted octanol–water partition coefficient (Wildman–Crippen LogP) is 3.95. The van der Waals surface area contributed by atoms with Gasteiger partial charge in [-0.3, -0.25) is 0 Å². The van der Waals surface area contributed by atoms with Crippen molar-refractivity contribution in [3.8, 4) is 5.75 Å². The molecule has 0 aliphatic heterocycles. The molecule has 0 unspecified atom stereocenters. The summed E-state index contributed by atoms with van der Waals surface area (Å²) in [5.74, 6) is 0.959. The van der Waals surface area contributed by atoms with Crippen LogP contribution in [0.15, 0.2) is 30.3 Å². The Morgan fingerprint density at radius 3 is 0.915 bits per heavy atom. The normalized spacial score (nSPS) is 11.4. The van der Waals surface area contributed by atoms with Crippen LogP contribution in [0.4, 0.5) is 0 Å². The van der Waals surface area contributed by atoms with Crippen LogP contribution < -0.4 is 4.74 Å². The molecule has 0 saturated carbocycles. The first kappa shape index (κ1) is 43.6. The number of unbranched alkanes of at least 4 members (excludes halogenated alkanes) is 6. The van der Waals surface area contributed by atoms with Crippen molar-refractivity contribution >= 4 is 0 Å². The van der Waals surface area contributed by atoms with Crippen LogP contribution in [0.3, 0.4) is 0 Å². The maximum Gasteiger partial charge on any atom is 0.119 e. The summed E-state index contributed by atoms with van der Waals surface area (Å²) < 4.78 is 60.2. The van der Waals surface area contributed by atoms with Crippen molar-refractivity contribution in [2.75, 3.05) is 145 Å². The van der Waals surface area contributed by atoms with Gasteiger partial charge in [-0.25, -0.2) is 0 Å². The lowest BCUT2D eigenvalue weighted by Crippen LogP contribution is -2.15. The van der Waals surface area contributed by atoms with Crippen molar-refractivity contribution < 1.29 is 57.2 Å². The molecule has 0 amide bonds. The van der Waals surface area contributed by atoms with Gasteiger partial charge in [0.2, 0.25) is 0 Å². The van der Waals surface area contributed by atoms with E-state index in [4.69, 9.17) is 57.2 Å². The maximum absolute atomic E-state index is 8.58. The molecule has 0 aliphatic carbocycles. The number of para-hydroxylation sites is 1. The van der Waals surface area contributed by atoms with E-state index in [2.05, 4.69) is 0 Å². The van der Waals surface area contributed by atoms with Crippen LogP contribution in [-0.4, -0.2) is 150 Å². The molecule has 47 heavy (non-hydrogen) atoms. The number of benzene rings is 1. The highest BCUT2D eigenvalue weighted by atomic mass is 16.6. The number of rotatable bonds is 40. The standard InChI is InChI=1S/C35H64O12/c36-13-16-38-18-20-40-22-24-42-26-28-44-30-32-46-34-33-45-31-29-43-27-25-41-23-21-39-19-17-37-14-9-4-2-1-3-5-10-15-47-35-11-7-6-8-12-35/h6-8,11-12,36H,1-5,9-10,13-34H2. The van der Waals surface area contributed by atoms with E-state index in [-0.39, 0.29) is 6.61 Å². The van der Waals surface area contributed by atoms with Crippen molar-refractivity contribution in [1.29, 1.82) is 0 Å². The van der Waals surface area contributed by atoms with Gasteiger partial charge in [0.1, 0.15) is 5.75 Å². The minimum Gasteiger partial charge on any atom is -0.494 e. The van der Waals surface area contributed by atoms with Gasteiger partial charge in [-0.1, -0.05) is 50.3 Å². The lowest BCUT2D eigenvalue weighted by Gasteiger charge is -2.09. The summed E-state index contributed by atoms with van der Waals surface area (Å²) in [6.07, 6.45) is 8.48. The fourth-order valence-corrected chi connectivity index (χ4v) is 4.04. The Kier molecular flexibility index (Phi) is 36.2. The topological polar surface area (TPSA) is 122 Å². The van der Waals surface area contributed by atoms with E-state index in [9.17, 15) is 0 Å². The van der Waals surface area contributed by atoms with Crippen molar-refractivity contribution in [1.82, 2.24) is 0 Å². The molecule has 0 spiro atoms. The molecule has 0 heterocycles. The van der Waals surface area contributed by atoms with E-state index in [0.29, 0.717) is 126 Å². The van der Waals surface area contributed by atoms with Gasteiger partial charge in [0.05, 0.1) is 139 Å². The highest BCUT2D eigenvalue weighted by Crippen LogP contribution is 2.11. The van der Waals surface area contributed by atoms with E-state index < -0.39 is 0 Å². The summed E-state index contributed by atoms with van der Waals surface area (Å²) in [5.41, 5.74) is 0. The zero-order valence-electron chi connectivity index (χ0n) is 28.8. The highest BCUT2D eigenvalue weighted by Gasteiger charge is 1.97. The SMILES string of the molecule is OCCOCCOCCOCCOCCOCCOCCOCCOCCOCCOCCCCCCCCCOc1ccccc1. The molecular weight excluding hydrogens is 612 g/mol. The molecular formula is C35H64O12. The summed E-state index contributed by atoms with van der Waals surface area (Å²) >= 11 is 0. The monoisotopic (exact) mass is 676 g/mol. The van der Waals surface area contributed by atoms with Gasteiger partial charge in [0.15, 0.2) is 0 Å². The maximum atomic E-state index is 8.58. The fraction of sp³-hybridized carbons (Fsp3) is 0.829. The van der Waals surface area contributed by atoms with Crippen LogP contribution in [-0.2, 0) is 47.4 Å². The Hall–Kier alpha value is -1.42. The number of ether oxygens (including phenoxy) is 11. The number of hydrogen-bond acceptors (Lipinski definition) is 12. The summed E-state index contributed by atoms with van der Waals surface area (Å²) in [4.78, 5) is 0. The summed E-state index contributed by atoms with van der Waals surface area (Å²) in [7, 11) is 0. The fourth-order valence-electron chi connectivity index (χ4n) is 4.04. The molecule has 0 fully saturated rings. The van der Waals surface area contributed by atoms with Gasteiger partial charge in [0.25, 0.3) is 0 Å². The van der Waals surface area contributed by atoms with Crippen LogP contribution in [0.2, 0.25) is 0 Å². The lowest BCUT2D eigenvalue weighted by atomic mass is 10.1. The van der Waals surface area contributed by atoms with Crippen LogP contribution >= 0.6 is 0 Å². The molecule has 0 radical (unpaired) electrons. The first-order valence-electron chi connectivity index (χ1n) is 17.5. The number of hydrogen-bond donors (Lipinski definition) is 1. The van der Waals surface area contributed by atoms with Gasteiger partial charge in [-0.2, -0.15) is 0 Å². The Labute approximate surface area is 283 Å². The lowest BCUT2D eigenvalue weighted by molar-refractivity contribution is -0.0268. The minimum atomic E-state index is 0.0279. The Bertz CT molecular complexity index is 700.